The highest BCUT2D eigenvalue weighted by atomic mass is 19.1. The Bertz CT molecular complexity index is 6650. The average Bonchev–Trinajstić information content (AvgIpc) is 1.12. The number of rotatable bonds is 17. The molecule has 4 aromatic carbocycles. The maximum absolute atomic E-state index is 13.4. The fourth-order valence-corrected chi connectivity index (χ4v) is 18.7. The van der Waals surface area contributed by atoms with Crippen LogP contribution in [0.1, 0.15) is 330 Å². The molecule has 24 rings (SSSR count). The molecule has 0 spiro atoms. The van der Waals surface area contributed by atoms with Crippen molar-refractivity contribution in [3.63, 3.8) is 0 Å². The monoisotopic (exact) mass is 2010 g/mol. The molecule has 4 bridgehead atoms. The zero-order valence-electron chi connectivity index (χ0n) is 86.2. The number of oxazole rings is 1. The molecule has 8 atom stereocenters. The van der Waals surface area contributed by atoms with E-state index in [1.165, 1.54) is 24.8 Å². The Morgan fingerprint density at radius 2 is 0.788 bits per heavy atom. The van der Waals surface area contributed by atoms with Crippen molar-refractivity contribution in [2.45, 2.75) is 300 Å². The summed E-state index contributed by atoms with van der Waals surface area (Å²) < 4.78 is 77.4. The first kappa shape index (κ1) is 109. The number of aromatic nitrogens is 19. The van der Waals surface area contributed by atoms with E-state index >= 15 is 0 Å². The minimum absolute atomic E-state index is 0.0224. The van der Waals surface area contributed by atoms with Gasteiger partial charge in [-0.15, -0.1) is 0 Å². The van der Waals surface area contributed by atoms with Crippen LogP contribution in [-0.4, -0.2) is 179 Å². The van der Waals surface area contributed by atoms with Gasteiger partial charge in [-0.3, -0.25) is 33.6 Å². The number of hydrogen-bond acceptors (Lipinski definition) is 37. The smallest absolute Gasteiger partial charge is 0.260 e. The number of carbonyl (C=O) groups excluding carboxylic acids is 7. The Kier molecular flexibility index (Phi) is 35.7. The largest absolute Gasteiger partial charge is 0.446 e. The first-order chi connectivity index (χ1) is 69.5. The van der Waals surface area contributed by atoms with Crippen molar-refractivity contribution in [1.82, 2.24) is 106 Å². The average molecular weight is 2010 g/mol. The molecule has 146 heavy (non-hydrogen) atoms. The van der Waals surface area contributed by atoms with E-state index in [4.69, 9.17) is 45.1 Å². The van der Waals surface area contributed by atoms with Gasteiger partial charge in [0, 0.05) is 107 Å². The number of amides is 2. The number of alkyl halides is 1. The summed E-state index contributed by atoms with van der Waals surface area (Å²) >= 11 is 0. The number of nitrogens with zero attached hydrogens (tertiary/aromatic N) is 20. The van der Waals surface area contributed by atoms with Gasteiger partial charge in [0.25, 0.3) is 35.4 Å². The molecule has 14 aromatic rings. The van der Waals surface area contributed by atoms with Crippen LogP contribution in [0.15, 0.2) is 142 Å². The van der Waals surface area contributed by atoms with Crippen molar-refractivity contribution in [3.8, 4) is 45.8 Å². The van der Waals surface area contributed by atoms with Crippen LogP contribution < -0.4 is 5.32 Å². The van der Waals surface area contributed by atoms with Crippen LogP contribution in [0.4, 0.5) is 8.78 Å². The summed E-state index contributed by atoms with van der Waals surface area (Å²) in [6.45, 7) is 31.7. The summed E-state index contributed by atoms with van der Waals surface area (Å²) in [4.78, 5) is 122. The Balaban J connectivity index is 0.000000136. The summed E-state index contributed by atoms with van der Waals surface area (Å²) in [5, 5.41) is 46.3. The fourth-order valence-electron chi connectivity index (χ4n) is 18.7. The molecule has 2 N–H and O–H groups in total. The highest BCUT2D eigenvalue weighted by molar-refractivity contribution is 5.96. The highest BCUT2D eigenvalue weighted by Crippen LogP contribution is 2.73. The number of Topliss-reactive ketones (excluding diaryl/α,β-unsaturated/α-hetero) is 5. The molecular weight excluding hydrogens is 1880 g/mol. The zero-order chi connectivity index (χ0) is 105. The third-order valence-electron chi connectivity index (χ3n) is 27.8. The summed E-state index contributed by atoms with van der Waals surface area (Å²) in [7, 11) is 3.44. The summed E-state index contributed by atoms with van der Waals surface area (Å²) in [5.41, 5.74) is 5.26. The lowest BCUT2D eigenvalue weighted by atomic mass is 9.34. The van der Waals surface area contributed by atoms with Gasteiger partial charge >= 0.3 is 0 Å². The van der Waals surface area contributed by atoms with Gasteiger partial charge in [0.1, 0.15) is 40.8 Å². The van der Waals surface area contributed by atoms with E-state index in [1.807, 2.05) is 46.8 Å². The van der Waals surface area contributed by atoms with E-state index in [2.05, 4.69) is 108 Å². The molecule has 10 fully saturated rings. The van der Waals surface area contributed by atoms with Crippen molar-refractivity contribution < 1.29 is 92.6 Å². The molecule has 10 aliphatic carbocycles. The first-order valence-corrected chi connectivity index (χ1v) is 49.1. The van der Waals surface area contributed by atoms with Gasteiger partial charge in [-0.1, -0.05) is 84.5 Å². The Morgan fingerprint density at radius 1 is 0.397 bits per heavy atom. The van der Waals surface area contributed by atoms with Crippen LogP contribution in [0.25, 0.3) is 45.8 Å². The van der Waals surface area contributed by atoms with Gasteiger partial charge in [-0.2, -0.15) is 44.9 Å². The molecule has 10 saturated carbocycles. The minimum Gasteiger partial charge on any atom is -0.446 e. The number of aliphatic hydroxyl groups is 1. The van der Waals surface area contributed by atoms with Crippen LogP contribution in [0.2, 0.25) is 0 Å². The van der Waals surface area contributed by atoms with Crippen molar-refractivity contribution >= 4 is 40.7 Å². The molecule has 8 unspecified atom stereocenters. The third kappa shape index (κ3) is 28.0. The molecule has 41 heteroatoms. The van der Waals surface area contributed by atoms with Gasteiger partial charge in [0.05, 0.1) is 17.1 Å². The van der Waals surface area contributed by atoms with Crippen LogP contribution in [0.5, 0.6) is 0 Å². The van der Waals surface area contributed by atoms with E-state index in [1.54, 1.807) is 162 Å². The number of aryl methyl sites for hydroxylation is 11. The van der Waals surface area contributed by atoms with Gasteiger partial charge < -0.3 is 60.4 Å². The number of aliphatic hydroxyl groups excluding tert-OH is 1. The van der Waals surface area contributed by atoms with E-state index in [0.717, 1.165) is 150 Å². The van der Waals surface area contributed by atoms with Gasteiger partial charge in [0.15, 0.2) is 69.9 Å². The summed E-state index contributed by atoms with van der Waals surface area (Å²) in [6, 6.07) is 28.0. The Labute approximate surface area is 842 Å². The van der Waals surface area contributed by atoms with Crippen molar-refractivity contribution in [1.29, 1.82) is 0 Å². The second-order valence-electron chi connectivity index (χ2n) is 39.5. The van der Waals surface area contributed by atoms with E-state index < -0.39 is 6.17 Å². The van der Waals surface area contributed by atoms with E-state index in [-0.39, 0.29) is 92.3 Å². The normalized spacial score (nSPS) is 22.5. The van der Waals surface area contributed by atoms with Crippen LogP contribution >= 0.6 is 0 Å². The Morgan fingerprint density at radius 3 is 1.14 bits per heavy atom. The first-order valence-electron chi connectivity index (χ1n) is 49.1. The standard InChI is InChI=1S/C13H13N3O2.C13H18N2O2.C12H13N3O2.C11H10N2O2.C10H15FN2O.C10H12N2O2.C10H14N2O2.C10H16N2O2.C9H7FN2O.C7H9NO2/c1-8-14-13(18-16-8)10-4-2-9(3-5-10)12(17)15-11-6-7-11;1-9(16)12-3-6-13(7-4-12,8-5-12)11-14-10(2)15-17-11;1-8-13-11(17-14-8)9-4-6-10(7-5-9)12(16)15(2)3;1-7(14)9-3-5-10(6-4-9)11-12-8(2)13-15-11;1-6-3-4-8(5-9(6)11)10-12-7(2)13-14-10;1-6(13)9-3-10(4-9,5-9)8-11-7(2)12-14-8;1-6(13)8-3-4-9(5-8)10-11-7(2)12-14-10;1-6-3-4-8(5-9(6)13)10-11-7(2)12-14-10;1-6-11-9(13-12-6)7-4-2-3-5-8(7)10;1-4(9)7-5(2)10-6(3)8-7/h2-5,11H,6-7H2,1H3,(H,15,17);3-8H2,1-2H3;4-7H,1-3H3;3-6H,1-2H3;6,8-9H,3-5H2,1-2H3;3-5H2,1-2H3;8-9H,3-5H2,1-2H3;6,8-9,13H,3-5H2,1-2H3;2-5H,1H3;1-3H3. The fraction of sp³-hybridized carbons (Fsp3) is 0.505. The lowest BCUT2D eigenvalue weighted by Gasteiger charge is -2.67. The lowest BCUT2D eigenvalue weighted by molar-refractivity contribution is -0.177. The minimum atomic E-state index is -0.721. The number of ketones is 5. The van der Waals surface area contributed by atoms with Gasteiger partial charge in [-0.05, 0) is 310 Å². The van der Waals surface area contributed by atoms with Gasteiger partial charge in [-0.25, -0.2) is 13.8 Å². The van der Waals surface area contributed by atoms with E-state index in [9.17, 15) is 47.4 Å². The van der Waals surface area contributed by atoms with E-state index in [0.29, 0.717) is 163 Å². The molecular formula is C105H127F2N21O18. The van der Waals surface area contributed by atoms with Crippen LogP contribution in [0.3, 0.4) is 0 Å². The zero-order valence-corrected chi connectivity index (χ0v) is 86.2. The number of benzene rings is 4. The van der Waals surface area contributed by atoms with Crippen LogP contribution in [0, 0.1) is 111 Å². The molecule has 0 radical (unpaired) electrons. The van der Waals surface area contributed by atoms with Crippen LogP contribution in [-0.2, 0) is 25.2 Å². The molecule has 0 aliphatic heterocycles. The van der Waals surface area contributed by atoms with Crippen molar-refractivity contribution in [2.75, 3.05) is 14.1 Å². The van der Waals surface area contributed by atoms with Crippen molar-refractivity contribution in [3.05, 3.63) is 219 Å². The highest BCUT2D eigenvalue weighted by Gasteiger charge is 2.73. The predicted octanol–water partition coefficient (Wildman–Crippen LogP) is 19.7. The Hall–Kier alpha value is -14.5. The quantitative estimate of drug-likeness (QED) is 0.0799. The number of halogens is 2. The molecule has 2 amide bonds. The summed E-state index contributed by atoms with van der Waals surface area (Å²) in [6.07, 6.45) is 18.1. The molecule has 10 aromatic heterocycles. The number of carbonyl (C=O) groups is 7. The second-order valence-corrected chi connectivity index (χ2v) is 39.5. The number of hydrogen-bond donors (Lipinski definition) is 2. The SMILES string of the molecule is CC(=O)C12CC(c3nc(C)no3)(C1)C2.CC(=O)C12CCC(c3nc(C)no3)(CC1)CC2.CC(=O)C1CCC(c2nc(C)no2)C1.CC(=O)c1ccc(-c2nc(C)no2)cc1.CC(=O)c1nc(C)oc1C.Cc1noc(-c2ccc(C(=O)N(C)C)cc2)n1.Cc1noc(-c2ccc(C(=O)NC3CC3)cc2)n1.Cc1noc(-c2ccccc2F)n1.Cc1noc(C2CCC(C)C(F)C2)n1.Cc1noc(C2CCC(C)C(O)C2)n1. The maximum atomic E-state index is 13.4. The molecule has 0 saturated heterocycles. The van der Waals surface area contributed by atoms with Gasteiger partial charge in [0.2, 0.25) is 29.5 Å². The molecule has 10 aliphatic rings. The second kappa shape index (κ2) is 48.0. The topological polar surface area (TPSA) is 531 Å². The molecule has 39 nitrogen and oxygen atoms in total. The number of fused-ring (bicyclic) bond motifs is 3. The lowest BCUT2D eigenvalue weighted by Crippen LogP contribution is -2.67. The van der Waals surface area contributed by atoms with Crippen molar-refractivity contribution in [2.24, 2.45) is 28.6 Å². The predicted molar refractivity (Wildman–Crippen MR) is 522 cm³/mol. The third-order valence-corrected chi connectivity index (χ3v) is 27.8. The molecule has 10 heterocycles. The maximum Gasteiger partial charge on any atom is 0.260 e. The number of nitrogens with one attached hydrogen (secondary N) is 1. The molecule has 774 valence electrons. The summed E-state index contributed by atoms with van der Waals surface area (Å²) in [5.74, 6) is 14.0.